The molecule has 9 nitrogen and oxygen atoms in total. The summed E-state index contributed by atoms with van der Waals surface area (Å²) in [7, 11) is 1.30. The van der Waals surface area contributed by atoms with Crippen molar-refractivity contribution in [3.63, 3.8) is 0 Å². The predicted molar refractivity (Wildman–Crippen MR) is 242 cm³/mol. The van der Waals surface area contributed by atoms with Crippen LogP contribution in [0.25, 0.3) is 35.2 Å². The molecule has 6 rings (SSSR count). The zero-order chi connectivity index (χ0) is 42.7. The zero-order valence-corrected chi connectivity index (χ0v) is 39.2. The van der Waals surface area contributed by atoms with E-state index in [9.17, 15) is 14.4 Å². The molecule has 3 aliphatic rings. The van der Waals surface area contributed by atoms with E-state index in [1.54, 1.807) is 0 Å². The van der Waals surface area contributed by atoms with Crippen LogP contribution in [0.2, 0.25) is 0 Å². The van der Waals surface area contributed by atoms with Gasteiger partial charge in [0, 0.05) is 12.0 Å². The van der Waals surface area contributed by atoms with E-state index >= 15 is 0 Å². The van der Waals surface area contributed by atoms with E-state index in [4.69, 9.17) is 29.7 Å². The Labute approximate surface area is 373 Å². The summed E-state index contributed by atoms with van der Waals surface area (Å²) in [4.78, 5) is 56.4. The minimum absolute atomic E-state index is 0. The molecule has 0 N–H and O–H groups in total. The molecule has 0 amide bonds. The summed E-state index contributed by atoms with van der Waals surface area (Å²) in [6.07, 6.45) is 17.4. The number of carbonyl (C=O) groups is 3. The summed E-state index contributed by atoms with van der Waals surface area (Å²) in [6, 6.07) is 0. The second-order valence-electron chi connectivity index (χ2n) is 17.8. The monoisotopic (exact) mass is 824 g/mol. The van der Waals surface area contributed by atoms with Gasteiger partial charge in [-0.05, 0) is 75.2 Å². The van der Waals surface area contributed by atoms with Crippen molar-refractivity contribution in [2.75, 3.05) is 13.7 Å². The molecule has 5 atom stereocenters. The van der Waals surface area contributed by atoms with Crippen molar-refractivity contribution < 1.29 is 23.9 Å². The van der Waals surface area contributed by atoms with E-state index in [0.717, 1.165) is 81.1 Å². The molecule has 0 saturated carbocycles. The van der Waals surface area contributed by atoms with Gasteiger partial charge in [0.05, 0.1) is 13.7 Å². The Bertz CT molecular complexity index is 2280. The normalized spacial score (nSPS) is 22.1. The molecule has 318 valence electrons. The number of aromatic nitrogens is 3. The van der Waals surface area contributed by atoms with Gasteiger partial charge in [0.1, 0.15) is 5.92 Å². The SMILES string of the molecule is C=Cc1c2[n-]c(c1C)/C=C1\[N-]/C(=C3\c4[n-]c(c(C)c4C(=O)[C@@H]3C(=O)OC)/C=c3\[n-]/c(c(C)c3CC)=C\2)[C@@H](CCC(=O)OCCC(C)CCC[C@H](C)CCCC(C)C)[C@@H]1C.[Mg+2]. The minimum Gasteiger partial charge on any atom is -0.664 e. The average Bonchev–Trinajstić information content (AvgIpc) is 3.94. The van der Waals surface area contributed by atoms with Gasteiger partial charge in [-0.2, -0.15) is 11.4 Å². The van der Waals surface area contributed by atoms with Crippen LogP contribution in [0.1, 0.15) is 160 Å². The third-order valence-corrected chi connectivity index (χ3v) is 13.2. The summed E-state index contributed by atoms with van der Waals surface area (Å²) < 4.78 is 11.1. The molecule has 8 bridgehead atoms. The Kier molecular flexibility index (Phi) is 15.9. The number of methoxy groups -OCH3 is 1. The van der Waals surface area contributed by atoms with Crippen LogP contribution in [0.4, 0.5) is 0 Å². The first-order chi connectivity index (χ1) is 28.2. The molecule has 1 fully saturated rings. The number of ether oxygens (including phenoxy) is 2. The van der Waals surface area contributed by atoms with Crippen molar-refractivity contribution in [1.29, 1.82) is 0 Å². The second-order valence-corrected chi connectivity index (χ2v) is 17.8. The van der Waals surface area contributed by atoms with Crippen LogP contribution in [0, 0.1) is 56.3 Å². The molecule has 1 aliphatic carbocycles. The third kappa shape index (κ3) is 9.70. The van der Waals surface area contributed by atoms with Crippen LogP contribution in [0.5, 0.6) is 0 Å². The molecule has 1 unspecified atom stereocenters. The number of nitrogens with zero attached hydrogens (tertiary/aromatic N) is 4. The van der Waals surface area contributed by atoms with E-state index in [-0.39, 0.29) is 53.1 Å². The maximum atomic E-state index is 14.3. The van der Waals surface area contributed by atoms with Crippen LogP contribution in [-0.4, -0.2) is 54.5 Å². The number of esters is 2. The maximum Gasteiger partial charge on any atom is 2.00 e. The Morgan fingerprint density at radius 3 is 2.15 bits per heavy atom. The quantitative estimate of drug-likeness (QED) is 0.0753. The minimum atomic E-state index is -1.21. The summed E-state index contributed by atoms with van der Waals surface area (Å²) in [5.41, 5.74) is 9.54. The van der Waals surface area contributed by atoms with E-state index < -0.39 is 11.9 Å². The Morgan fingerprint density at radius 1 is 0.850 bits per heavy atom. The van der Waals surface area contributed by atoms with Crippen LogP contribution < -0.4 is 25.7 Å². The van der Waals surface area contributed by atoms with Crippen LogP contribution in [0.15, 0.2) is 18.0 Å². The number of carbonyl (C=O) groups excluding carboxylic acids is 3. The fourth-order valence-corrected chi connectivity index (χ4v) is 9.35. The molecule has 0 radical (unpaired) electrons. The van der Waals surface area contributed by atoms with Crippen molar-refractivity contribution in [2.24, 2.45) is 35.5 Å². The largest absolute Gasteiger partial charge is 2.00 e. The van der Waals surface area contributed by atoms with Crippen molar-refractivity contribution >= 4 is 70.7 Å². The van der Waals surface area contributed by atoms with Gasteiger partial charge in [0.15, 0.2) is 5.78 Å². The number of ketones is 1. The summed E-state index contributed by atoms with van der Waals surface area (Å²) in [5.74, 6) is -0.958. The molecule has 0 aromatic carbocycles. The number of fused-ring (bicyclic) bond motifs is 7. The van der Waals surface area contributed by atoms with Crippen LogP contribution in [-0.2, 0) is 25.5 Å². The van der Waals surface area contributed by atoms with Crippen molar-refractivity contribution in [3.05, 3.63) is 90.1 Å². The zero-order valence-electron chi connectivity index (χ0n) is 37.8. The van der Waals surface area contributed by atoms with E-state index in [2.05, 4.69) is 55.0 Å². The van der Waals surface area contributed by atoms with Crippen LogP contribution >= 0.6 is 0 Å². The molecule has 3 aromatic heterocycles. The summed E-state index contributed by atoms with van der Waals surface area (Å²) in [6.45, 7) is 23.8. The van der Waals surface area contributed by atoms with E-state index in [0.29, 0.717) is 52.7 Å². The fraction of sp³-hybridized carbons (Fsp3) is 0.540. The molecule has 1 saturated heterocycles. The van der Waals surface area contributed by atoms with Crippen molar-refractivity contribution in [3.8, 4) is 0 Å². The molecule has 3 aromatic rings. The van der Waals surface area contributed by atoms with Crippen molar-refractivity contribution in [1.82, 2.24) is 15.0 Å². The molecule has 60 heavy (non-hydrogen) atoms. The number of Topliss-reactive ketones (excluding diaryl/α,β-unsaturated/α-hetero) is 1. The Hall–Kier alpha value is -4.02. The second kappa shape index (κ2) is 20.2. The first-order valence-corrected chi connectivity index (χ1v) is 22.0. The van der Waals surface area contributed by atoms with Gasteiger partial charge < -0.3 is 29.7 Å². The standard InChI is InChI=1S/C50H65N4O5.Mg/c1-12-34-30(7)37-24-39-32(9)36(20-21-43(55)59-23-22-29(6)19-15-18-28(5)17-14-16-27(3)4)47(53-39)45-46(50(57)58-11)49(56)44-33(10)40(54-48(44)45)26-42-35(13-2)31(8)38(52-42)25-41(34)51-37;/h12,24-29,32,36,46H,1,13-23H2,2-11H3,(H-,53,54,56);/q-3;+2/p-1/b38-25-,39-24-,42-26-;/t28-,29?,32+,36+,46-;/m1./s1. The fourth-order valence-electron chi connectivity index (χ4n) is 9.35. The molecule has 10 heteroatoms. The number of hydrogen-bond donors (Lipinski definition) is 0. The molecule has 5 heterocycles. The van der Waals surface area contributed by atoms with Gasteiger partial charge in [0.2, 0.25) is 0 Å². The molecular weight excluding hydrogens is 761 g/mol. The summed E-state index contributed by atoms with van der Waals surface area (Å²) >= 11 is 0. The molecular formula is C50H64MgN4O5-2. The first-order valence-electron chi connectivity index (χ1n) is 22.0. The topological polar surface area (TPSA) is 126 Å². The maximum absolute atomic E-state index is 14.3. The van der Waals surface area contributed by atoms with Gasteiger partial charge in [-0.1, -0.05) is 139 Å². The first kappa shape index (κ1) is 47.0. The number of allylic oxidation sites excluding steroid dienone is 2. The predicted octanol–water partition coefficient (Wildman–Crippen LogP) is 8.64. The third-order valence-electron chi connectivity index (χ3n) is 13.2. The van der Waals surface area contributed by atoms with Gasteiger partial charge in [-0.15, -0.1) is 33.5 Å². The molecule has 0 spiro atoms. The number of rotatable bonds is 17. The Balaban J connectivity index is 0.00000683. The molecule has 2 aliphatic heterocycles. The van der Waals surface area contributed by atoms with Gasteiger partial charge in [-0.25, -0.2) is 0 Å². The van der Waals surface area contributed by atoms with E-state index in [1.807, 2.05) is 38.2 Å². The van der Waals surface area contributed by atoms with Gasteiger partial charge in [0.25, 0.3) is 0 Å². The van der Waals surface area contributed by atoms with Crippen molar-refractivity contribution in [2.45, 2.75) is 127 Å². The van der Waals surface area contributed by atoms with Crippen LogP contribution in [0.3, 0.4) is 0 Å². The van der Waals surface area contributed by atoms with E-state index in [1.165, 1.54) is 39.2 Å². The Morgan fingerprint density at radius 2 is 1.50 bits per heavy atom. The van der Waals surface area contributed by atoms with Gasteiger partial charge >= 0.3 is 35.0 Å². The number of hydrogen-bond acceptors (Lipinski definition) is 5. The average molecular weight is 825 g/mol. The smallest absolute Gasteiger partial charge is 0.664 e. The summed E-state index contributed by atoms with van der Waals surface area (Å²) in [5, 5.41) is 6.83. The van der Waals surface area contributed by atoms with Gasteiger partial charge in [-0.3, -0.25) is 14.4 Å².